The maximum Gasteiger partial charge on any atom is 0.332 e. The molecule has 0 N–H and O–H groups in total. The largest absolute Gasteiger partial charge is 0.472 e. The lowest BCUT2D eigenvalue weighted by molar-refractivity contribution is 0.0782. The van der Waals surface area contributed by atoms with E-state index in [1.54, 1.807) is 11.0 Å². The van der Waals surface area contributed by atoms with Gasteiger partial charge in [-0.25, -0.2) is 4.68 Å². The van der Waals surface area contributed by atoms with E-state index in [1.165, 1.54) is 33.1 Å². The number of hydrogen-bond donors (Lipinski definition) is 0. The lowest BCUT2D eigenvalue weighted by Crippen LogP contribution is -2.45. The molecule has 1 fully saturated rings. The van der Waals surface area contributed by atoms with Crippen LogP contribution in [0.3, 0.4) is 0 Å². The molecule has 5 rings (SSSR count). The highest BCUT2D eigenvalue weighted by Gasteiger charge is 2.48. The molecule has 8 nitrogen and oxygen atoms in total. The van der Waals surface area contributed by atoms with Crippen LogP contribution in [0.25, 0.3) is 0 Å². The zero-order chi connectivity index (χ0) is 19.3. The van der Waals surface area contributed by atoms with Gasteiger partial charge in [0, 0.05) is 24.5 Å². The Morgan fingerprint density at radius 1 is 1.21 bits per heavy atom. The van der Waals surface area contributed by atoms with Gasteiger partial charge in [-0.3, -0.25) is 19.0 Å². The fraction of sp³-hybridized carbons (Fsp3) is 0.368. The number of hydrogen-bond acceptors (Lipinski definition) is 6. The lowest BCUT2D eigenvalue weighted by atomic mass is 9.85. The first-order valence-electron chi connectivity index (χ1n) is 9.14. The third-order valence-corrected chi connectivity index (χ3v) is 6.58. The highest BCUT2D eigenvalue weighted by atomic mass is 32.1. The van der Waals surface area contributed by atoms with E-state index < -0.39 is 11.1 Å². The molecule has 5 heterocycles. The number of rotatable bonds is 3. The van der Waals surface area contributed by atoms with Crippen LogP contribution in [-0.2, 0) is 18.5 Å². The maximum atomic E-state index is 12.7. The number of carbonyl (C=O) groups excluding carboxylic acids is 1. The third-order valence-electron chi connectivity index (χ3n) is 5.72. The van der Waals surface area contributed by atoms with Gasteiger partial charge in [-0.05, 0) is 30.4 Å². The van der Waals surface area contributed by atoms with E-state index in [2.05, 4.69) is 5.10 Å². The molecule has 28 heavy (non-hydrogen) atoms. The van der Waals surface area contributed by atoms with Crippen molar-refractivity contribution in [3.63, 3.8) is 0 Å². The smallest absolute Gasteiger partial charge is 0.332 e. The van der Waals surface area contributed by atoms with Crippen LogP contribution < -0.4 is 11.1 Å². The van der Waals surface area contributed by atoms with Crippen LogP contribution in [0, 0.1) is 0 Å². The third kappa shape index (κ3) is 2.57. The molecule has 2 aliphatic rings. The van der Waals surface area contributed by atoms with Gasteiger partial charge >= 0.3 is 11.1 Å². The Bertz CT molecular complexity index is 1150. The zero-order valence-electron chi connectivity index (χ0n) is 15.0. The van der Waals surface area contributed by atoms with E-state index in [0.717, 1.165) is 11.3 Å². The topological polar surface area (TPSA) is 90.3 Å². The number of aromatic nitrogens is 3. The number of fused-ring (bicyclic) bond motifs is 2. The number of likely N-dealkylation sites (tertiary alicyclic amines) is 1. The van der Waals surface area contributed by atoms with Crippen molar-refractivity contribution in [2.45, 2.75) is 31.3 Å². The van der Waals surface area contributed by atoms with Gasteiger partial charge in [0.1, 0.15) is 12.1 Å². The Labute approximate surface area is 163 Å². The second-order valence-corrected chi connectivity index (χ2v) is 8.37. The lowest BCUT2D eigenvalue weighted by Gasteiger charge is -2.23. The molecule has 144 valence electrons. The van der Waals surface area contributed by atoms with Crippen molar-refractivity contribution in [1.82, 2.24) is 19.2 Å². The minimum atomic E-state index is -0.599. The van der Waals surface area contributed by atoms with Crippen molar-refractivity contribution in [2.75, 3.05) is 13.1 Å². The molecule has 0 bridgehead atoms. The Hall–Kier alpha value is -2.94. The summed E-state index contributed by atoms with van der Waals surface area (Å²) in [5.74, 6) is 0.537. The maximum absolute atomic E-state index is 12.7. The van der Waals surface area contributed by atoms with Gasteiger partial charge in [0.05, 0.1) is 23.8 Å². The molecule has 0 radical (unpaired) electrons. The summed E-state index contributed by atoms with van der Waals surface area (Å²) in [6.45, 7) is 1.82. The van der Waals surface area contributed by atoms with Gasteiger partial charge in [-0.2, -0.15) is 5.10 Å². The van der Waals surface area contributed by atoms with Crippen LogP contribution >= 0.6 is 11.3 Å². The van der Waals surface area contributed by atoms with E-state index >= 15 is 0 Å². The molecule has 0 aromatic carbocycles. The summed E-state index contributed by atoms with van der Waals surface area (Å²) < 4.78 is 7.79. The average molecular weight is 398 g/mol. The van der Waals surface area contributed by atoms with Gasteiger partial charge in [-0.15, -0.1) is 11.3 Å². The predicted molar refractivity (Wildman–Crippen MR) is 102 cm³/mol. The van der Waals surface area contributed by atoms with Crippen LogP contribution in [0.1, 0.15) is 33.9 Å². The van der Waals surface area contributed by atoms with Crippen LogP contribution in [0.2, 0.25) is 0 Å². The van der Waals surface area contributed by atoms with E-state index in [9.17, 15) is 14.4 Å². The predicted octanol–water partition coefficient (Wildman–Crippen LogP) is 1.30. The summed E-state index contributed by atoms with van der Waals surface area (Å²) >= 11 is 1.52. The van der Waals surface area contributed by atoms with Crippen LogP contribution in [0.5, 0.6) is 0 Å². The molecule has 3 aromatic rings. The van der Waals surface area contributed by atoms with Gasteiger partial charge < -0.3 is 9.32 Å². The molecular weight excluding hydrogens is 380 g/mol. The Morgan fingerprint density at radius 2 is 2.07 bits per heavy atom. The summed E-state index contributed by atoms with van der Waals surface area (Å²) in [6, 6.07) is 5.47. The van der Waals surface area contributed by atoms with E-state index in [1.807, 2.05) is 17.5 Å². The van der Waals surface area contributed by atoms with E-state index in [0.29, 0.717) is 37.4 Å². The fourth-order valence-electron chi connectivity index (χ4n) is 4.23. The van der Waals surface area contributed by atoms with Crippen LogP contribution in [0.15, 0.2) is 50.1 Å². The first-order chi connectivity index (χ1) is 13.6. The Morgan fingerprint density at radius 3 is 2.82 bits per heavy atom. The molecule has 0 saturated carbocycles. The number of amides is 1. The molecule has 1 unspecified atom stereocenters. The molecule has 2 aliphatic heterocycles. The molecular formula is C19H18N4O4S. The number of furan rings is 1. The summed E-state index contributed by atoms with van der Waals surface area (Å²) in [7, 11) is 0. The SMILES string of the molecule is O=C(c1ccoc1)N1CCC2(CCn3c2nn(Cc2cccs2)c(=O)c3=O)C1. The molecule has 1 atom stereocenters. The quantitative estimate of drug-likeness (QED) is 0.620. The Balaban J connectivity index is 1.50. The van der Waals surface area contributed by atoms with Crippen molar-refractivity contribution in [3.8, 4) is 0 Å². The van der Waals surface area contributed by atoms with E-state index in [-0.39, 0.29) is 17.9 Å². The monoisotopic (exact) mass is 398 g/mol. The van der Waals surface area contributed by atoms with E-state index in [4.69, 9.17) is 4.42 Å². The molecule has 1 amide bonds. The molecule has 0 aliphatic carbocycles. The summed E-state index contributed by atoms with van der Waals surface area (Å²) in [5.41, 5.74) is -0.997. The van der Waals surface area contributed by atoms with Crippen molar-refractivity contribution in [2.24, 2.45) is 0 Å². The summed E-state index contributed by atoms with van der Waals surface area (Å²) in [4.78, 5) is 40.6. The van der Waals surface area contributed by atoms with Gasteiger partial charge in [0.2, 0.25) is 0 Å². The van der Waals surface area contributed by atoms with Gasteiger partial charge in [0.15, 0.2) is 0 Å². The first-order valence-corrected chi connectivity index (χ1v) is 10.0. The normalized spacial score (nSPS) is 20.8. The summed E-state index contributed by atoms with van der Waals surface area (Å²) in [6.07, 6.45) is 4.35. The van der Waals surface area contributed by atoms with Crippen LogP contribution in [0.4, 0.5) is 0 Å². The number of nitrogens with zero attached hydrogens (tertiary/aromatic N) is 4. The van der Waals surface area contributed by atoms with Crippen molar-refractivity contribution in [3.05, 3.63) is 73.1 Å². The van der Waals surface area contributed by atoms with Crippen LogP contribution in [-0.4, -0.2) is 38.2 Å². The number of thiophene rings is 1. The molecule has 1 saturated heterocycles. The standard InChI is InChI=1S/C19H18N4O4S/c24-15(13-3-8-27-11-13)21-6-4-19(12-21)5-7-22-16(25)17(26)23(20-18(19)22)10-14-2-1-9-28-14/h1-3,8-9,11H,4-7,10,12H2. The highest BCUT2D eigenvalue weighted by molar-refractivity contribution is 7.09. The van der Waals surface area contributed by atoms with Gasteiger partial charge in [0.25, 0.3) is 5.91 Å². The molecule has 9 heteroatoms. The summed E-state index contributed by atoms with van der Waals surface area (Å²) in [5, 5.41) is 6.53. The van der Waals surface area contributed by atoms with Gasteiger partial charge in [-0.1, -0.05) is 6.07 Å². The number of carbonyl (C=O) groups is 1. The van der Waals surface area contributed by atoms with Crippen molar-refractivity contribution < 1.29 is 9.21 Å². The van der Waals surface area contributed by atoms with Crippen molar-refractivity contribution in [1.29, 1.82) is 0 Å². The second kappa shape index (κ2) is 6.30. The minimum Gasteiger partial charge on any atom is -0.472 e. The Kier molecular flexibility index (Phi) is 3.87. The molecule has 1 spiro atoms. The zero-order valence-corrected chi connectivity index (χ0v) is 15.9. The minimum absolute atomic E-state index is 0.0849. The second-order valence-electron chi connectivity index (χ2n) is 7.34. The molecule has 3 aromatic heterocycles. The highest BCUT2D eigenvalue weighted by Crippen LogP contribution is 2.40. The first kappa shape index (κ1) is 17.2. The van der Waals surface area contributed by atoms with Crippen molar-refractivity contribution >= 4 is 17.2 Å². The fourth-order valence-corrected chi connectivity index (χ4v) is 4.92. The average Bonchev–Trinajstić information content (AvgIpc) is 3.49.